The molecule has 0 aliphatic rings. The van der Waals surface area contributed by atoms with Crippen molar-refractivity contribution in [3.05, 3.63) is 40.7 Å². The first-order valence-electron chi connectivity index (χ1n) is 3.87. The number of nitrogen functional groups attached to an aromatic ring is 1. The van der Waals surface area contributed by atoms with E-state index in [1.54, 1.807) is 17.4 Å². The molecule has 1 aromatic heterocycles. The summed E-state index contributed by atoms with van der Waals surface area (Å²) < 4.78 is 0. The minimum Gasteiger partial charge on any atom is -0.398 e. The van der Waals surface area contributed by atoms with Crippen molar-refractivity contribution in [3.63, 3.8) is 0 Å². The molecule has 1 aromatic carbocycles. The standard InChI is InChI=1S/C10H8ClNS/c11-10-7(3-1-4-8(10)12)9-5-2-6-13-9/h1-6H,12H2. The lowest BCUT2D eigenvalue weighted by atomic mass is 10.1. The zero-order valence-electron chi connectivity index (χ0n) is 6.83. The maximum Gasteiger partial charge on any atom is 0.0721 e. The summed E-state index contributed by atoms with van der Waals surface area (Å²) in [6.45, 7) is 0. The molecule has 0 radical (unpaired) electrons. The summed E-state index contributed by atoms with van der Waals surface area (Å²) >= 11 is 7.73. The Bertz CT molecular complexity index is 409. The Morgan fingerprint density at radius 2 is 2.00 bits per heavy atom. The minimum absolute atomic E-state index is 0.632. The lowest BCUT2D eigenvalue weighted by Crippen LogP contribution is -1.86. The van der Waals surface area contributed by atoms with Gasteiger partial charge in [-0.25, -0.2) is 0 Å². The van der Waals surface area contributed by atoms with E-state index in [-0.39, 0.29) is 0 Å². The second-order valence-electron chi connectivity index (χ2n) is 2.69. The molecule has 0 spiro atoms. The van der Waals surface area contributed by atoms with Gasteiger partial charge in [-0.3, -0.25) is 0 Å². The summed E-state index contributed by atoms with van der Waals surface area (Å²) in [6.07, 6.45) is 0. The number of hydrogen-bond donors (Lipinski definition) is 1. The van der Waals surface area contributed by atoms with Crippen molar-refractivity contribution in [1.29, 1.82) is 0 Å². The van der Waals surface area contributed by atoms with E-state index in [2.05, 4.69) is 0 Å². The van der Waals surface area contributed by atoms with Crippen molar-refractivity contribution in [2.75, 3.05) is 5.73 Å². The summed E-state index contributed by atoms with van der Waals surface area (Å²) in [5, 5.41) is 2.67. The maximum absolute atomic E-state index is 6.07. The predicted molar refractivity (Wildman–Crippen MR) is 59.2 cm³/mol. The van der Waals surface area contributed by atoms with Gasteiger partial charge in [0, 0.05) is 10.4 Å². The van der Waals surface area contributed by atoms with E-state index < -0.39 is 0 Å². The first kappa shape index (κ1) is 8.60. The van der Waals surface area contributed by atoms with Crippen LogP contribution in [-0.4, -0.2) is 0 Å². The van der Waals surface area contributed by atoms with Crippen molar-refractivity contribution in [2.24, 2.45) is 0 Å². The molecular formula is C10H8ClNS. The van der Waals surface area contributed by atoms with Gasteiger partial charge in [0.2, 0.25) is 0 Å². The molecule has 0 aliphatic carbocycles. The van der Waals surface area contributed by atoms with E-state index in [1.165, 1.54) is 0 Å². The number of halogens is 1. The van der Waals surface area contributed by atoms with Crippen LogP contribution in [0.3, 0.4) is 0 Å². The third-order valence-electron chi connectivity index (χ3n) is 1.82. The molecular weight excluding hydrogens is 202 g/mol. The monoisotopic (exact) mass is 209 g/mol. The van der Waals surface area contributed by atoms with Crippen LogP contribution in [-0.2, 0) is 0 Å². The second-order valence-corrected chi connectivity index (χ2v) is 4.01. The predicted octanol–water partition coefficient (Wildman–Crippen LogP) is 3.65. The molecule has 0 saturated heterocycles. The Balaban J connectivity index is 2.59. The molecule has 2 N–H and O–H groups in total. The van der Waals surface area contributed by atoms with Gasteiger partial charge in [-0.15, -0.1) is 11.3 Å². The van der Waals surface area contributed by atoms with Crippen LogP contribution in [0.25, 0.3) is 10.4 Å². The highest BCUT2D eigenvalue weighted by Gasteiger charge is 2.05. The molecule has 1 nitrogen and oxygen atoms in total. The quantitative estimate of drug-likeness (QED) is 0.713. The number of benzene rings is 1. The number of anilines is 1. The zero-order valence-corrected chi connectivity index (χ0v) is 8.40. The molecule has 2 aromatic rings. The third-order valence-corrected chi connectivity index (χ3v) is 3.14. The summed E-state index contributed by atoms with van der Waals surface area (Å²) in [7, 11) is 0. The van der Waals surface area contributed by atoms with Crippen molar-refractivity contribution in [3.8, 4) is 10.4 Å². The minimum atomic E-state index is 0.632. The molecule has 0 bridgehead atoms. The van der Waals surface area contributed by atoms with Gasteiger partial charge in [-0.05, 0) is 17.5 Å². The largest absolute Gasteiger partial charge is 0.398 e. The summed E-state index contributed by atoms with van der Waals surface area (Å²) in [5.74, 6) is 0. The van der Waals surface area contributed by atoms with Crippen LogP contribution in [0.5, 0.6) is 0 Å². The van der Waals surface area contributed by atoms with Gasteiger partial charge in [0.1, 0.15) is 0 Å². The highest BCUT2D eigenvalue weighted by Crippen LogP contribution is 2.34. The van der Waals surface area contributed by atoms with Gasteiger partial charge >= 0.3 is 0 Å². The lowest BCUT2D eigenvalue weighted by Gasteiger charge is -2.03. The molecule has 2 rings (SSSR count). The van der Waals surface area contributed by atoms with Crippen LogP contribution in [0.4, 0.5) is 5.69 Å². The molecule has 3 heteroatoms. The highest BCUT2D eigenvalue weighted by molar-refractivity contribution is 7.13. The Labute approximate surface area is 85.8 Å². The van der Waals surface area contributed by atoms with E-state index in [1.807, 2.05) is 29.6 Å². The van der Waals surface area contributed by atoms with Gasteiger partial charge in [0.25, 0.3) is 0 Å². The van der Waals surface area contributed by atoms with Gasteiger partial charge in [-0.1, -0.05) is 29.8 Å². The Kier molecular flexibility index (Phi) is 2.25. The molecule has 0 unspecified atom stereocenters. The van der Waals surface area contributed by atoms with E-state index in [0.29, 0.717) is 10.7 Å². The number of hydrogen-bond acceptors (Lipinski definition) is 2. The molecule has 0 fully saturated rings. The van der Waals surface area contributed by atoms with Gasteiger partial charge in [-0.2, -0.15) is 0 Å². The van der Waals surface area contributed by atoms with Crippen molar-refractivity contribution >= 4 is 28.6 Å². The number of nitrogens with two attached hydrogens (primary N) is 1. The SMILES string of the molecule is Nc1cccc(-c2cccs2)c1Cl. The van der Waals surface area contributed by atoms with Crippen LogP contribution < -0.4 is 5.73 Å². The van der Waals surface area contributed by atoms with E-state index in [4.69, 9.17) is 17.3 Å². The summed E-state index contributed by atoms with van der Waals surface area (Å²) in [6, 6.07) is 9.73. The van der Waals surface area contributed by atoms with Crippen LogP contribution in [0.2, 0.25) is 5.02 Å². The molecule has 0 amide bonds. The van der Waals surface area contributed by atoms with Gasteiger partial charge in [0.05, 0.1) is 10.7 Å². The van der Waals surface area contributed by atoms with Crippen molar-refractivity contribution in [2.45, 2.75) is 0 Å². The molecule has 13 heavy (non-hydrogen) atoms. The molecule has 0 atom stereocenters. The average Bonchev–Trinajstić information content (AvgIpc) is 2.62. The fourth-order valence-electron chi connectivity index (χ4n) is 1.17. The third kappa shape index (κ3) is 1.55. The fourth-order valence-corrected chi connectivity index (χ4v) is 2.21. The average molecular weight is 210 g/mol. The van der Waals surface area contributed by atoms with Crippen molar-refractivity contribution in [1.82, 2.24) is 0 Å². The van der Waals surface area contributed by atoms with Gasteiger partial charge in [0.15, 0.2) is 0 Å². The first-order valence-corrected chi connectivity index (χ1v) is 5.12. The Morgan fingerprint density at radius 1 is 1.15 bits per heavy atom. The molecule has 0 saturated carbocycles. The highest BCUT2D eigenvalue weighted by atomic mass is 35.5. The summed E-state index contributed by atoms with van der Waals surface area (Å²) in [4.78, 5) is 1.15. The van der Waals surface area contributed by atoms with E-state index in [9.17, 15) is 0 Å². The second kappa shape index (κ2) is 3.40. The molecule has 0 aliphatic heterocycles. The van der Waals surface area contributed by atoms with Crippen LogP contribution in [0, 0.1) is 0 Å². The number of thiophene rings is 1. The fraction of sp³-hybridized carbons (Fsp3) is 0. The zero-order chi connectivity index (χ0) is 9.26. The van der Waals surface area contributed by atoms with Crippen LogP contribution in [0.15, 0.2) is 35.7 Å². The maximum atomic E-state index is 6.07. The molecule has 66 valence electrons. The topological polar surface area (TPSA) is 26.0 Å². The van der Waals surface area contributed by atoms with Crippen molar-refractivity contribution < 1.29 is 0 Å². The molecule has 1 heterocycles. The van der Waals surface area contributed by atoms with E-state index >= 15 is 0 Å². The normalized spacial score (nSPS) is 10.2. The van der Waals surface area contributed by atoms with Crippen LogP contribution in [0.1, 0.15) is 0 Å². The Hall–Kier alpha value is -0.990. The lowest BCUT2D eigenvalue weighted by molar-refractivity contribution is 1.67. The smallest absolute Gasteiger partial charge is 0.0721 e. The first-order chi connectivity index (χ1) is 6.29. The van der Waals surface area contributed by atoms with Crippen LogP contribution >= 0.6 is 22.9 Å². The van der Waals surface area contributed by atoms with Gasteiger partial charge < -0.3 is 5.73 Å². The van der Waals surface area contributed by atoms with E-state index in [0.717, 1.165) is 10.4 Å². The summed E-state index contributed by atoms with van der Waals surface area (Å²) in [5.41, 5.74) is 7.34. The number of rotatable bonds is 1. The Morgan fingerprint density at radius 3 is 2.69 bits per heavy atom.